The largest absolute Gasteiger partial charge is 0.382 e. The van der Waals surface area contributed by atoms with Crippen molar-refractivity contribution in [3.8, 4) is 0 Å². The van der Waals surface area contributed by atoms with Crippen molar-refractivity contribution in [3.05, 3.63) is 17.8 Å². The summed E-state index contributed by atoms with van der Waals surface area (Å²) in [6.07, 6.45) is 0.578. The maximum absolute atomic E-state index is 11.5. The summed E-state index contributed by atoms with van der Waals surface area (Å²) in [6.45, 7) is 1.89. The van der Waals surface area contributed by atoms with Gasteiger partial charge in [-0.25, -0.2) is 18.1 Å². The number of aryl methyl sites for hydroxylation is 1. The minimum Gasteiger partial charge on any atom is -0.382 e. The number of pyridine rings is 1. The second-order valence-electron chi connectivity index (χ2n) is 4.71. The van der Waals surface area contributed by atoms with Crippen molar-refractivity contribution in [2.45, 2.75) is 19.4 Å². The van der Waals surface area contributed by atoms with Crippen LogP contribution in [0.1, 0.15) is 18.2 Å². The summed E-state index contributed by atoms with van der Waals surface area (Å²) in [7, 11) is -2.94. The zero-order valence-electron chi connectivity index (χ0n) is 10.00. The Morgan fingerprint density at radius 3 is 2.89 bits per heavy atom. The van der Waals surface area contributed by atoms with Crippen LogP contribution in [0.15, 0.2) is 12.1 Å². The van der Waals surface area contributed by atoms with E-state index in [2.05, 4.69) is 10.1 Å². The Hall–Kier alpha value is -1.63. The van der Waals surface area contributed by atoms with Gasteiger partial charge in [-0.05, 0) is 25.5 Å². The van der Waals surface area contributed by atoms with Gasteiger partial charge in [-0.2, -0.15) is 5.10 Å². The average Bonchev–Trinajstić information content (AvgIpc) is 2.80. The highest BCUT2D eigenvalue weighted by Crippen LogP contribution is 2.28. The van der Waals surface area contributed by atoms with Crippen LogP contribution in [0.2, 0.25) is 0 Å². The van der Waals surface area contributed by atoms with Gasteiger partial charge in [0.25, 0.3) is 0 Å². The van der Waals surface area contributed by atoms with Crippen LogP contribution < -0.4 is 5.73 Å². The molecule has 3 heterocycles. The summed E-state index contributed by atoms with van der Waals surface area (Å²) < 4.78 is 24.7. The van der Waals surface area contributed by atoms with Gasteiger partial charge in [0.05, 0.1) is 22.9 Å². The first-order valence-corrected chi connectivity index (χ1v) is 7.60. The molecular weight excluding hydrogens is 252 g/mol. The van der Waals surface area contributed by atoms with E-state index in [4.69, 9.17) is 5.73 Å². The van der Waals surface area contributed by atoms with Gasteiger partial charge in [0.15, 0.2) is 21.3 Å². The van der Waals surface area contributed by atoms with Gasteiger partial charge >= 0.3 is 0 Å². The minimum atomic E-state index is -2.94. The molecule has 0 bridgehead atoms. The highest BCUT2D eigenvalue weighted by molar-refractivity contribution is 7.91. The third-order valence-corrected chi connectivity index (χ3v) is 5.03. The van der Waals surface area contributed by atoms with Crippen LogP contribution in [0.5, 0.6) is 0 Å². The highest BCUT2D eigenvalue weighted by Gasteiger charge is 2.31. The molecule has 3 rings (SSSR count). The third kappa shape index (κ3) is 1.74. The van der Waals surface area contributed by atoms with Crippen LogP contribution in [0.4, 0.5) is 5.82 Å². The lowest BCUT2D eigenvalue weighted by molar-refractivity contribution is 0.513. The Labute approximate surface area is 105 Å². The fourth-order valence-corrected chi connectivity index (χ4v) is 4.05. The molecule has 6 nitrogen and oxygen atoms in total. The molecule has 1 atom stereocenters. The van der Waals surface area contributed by atoms with Crippen LogP contribution >= 0.6 is 0 Å². The summed E-state index contributed by atoms with van der Waals surface area (Å²) in [6, 6.07) is 3.60. The molecule has 2 N–H and O–H groups in total. The van der Waals surface area contributed by atoms with Crippen molar-refractivity contribution in [2.24, 2.45) is 0 Å². The van der Waals surface area contributed by atoms with Crippen LogP contribution in [0.3, 0.4) is 0 Å². The Kier molecular flexibility index (Phi) is 2.34. The molecule has 1 unspecified atom stereocenters. The molecule has 7 heteroatoms. The Morgan fingerprint density at radius 1 is 1.44 bits per heavy atom. The third-order valence-electron chi connectivity index (χ3n) is 3.28. The van der Waals surface area contributed by atoms with Crippen LogP contribution in [-0.2, 0) is 9.84 Å². The zero-order valence-corrected chi connectivity index (χ0v) is 10.8. The normalized spacial score (nSPS) is 22.6. The van der Waals surface area contributed by atoms with E-state index in [-0.39, 0.29) is 17.5 Å². The van der Waals surface area contributed by atoms with Gasteiger partial charge < -0.3 is 5.73 Å². The number of fused-ring (bicyclic) bond motifs is 1. The molecule has 2 aromatic heterocycles. The first kappa shape index (κ1) is 11.5. The van der Waals surface area contributed by atoms with Crippen LogP contribution in [-0.4, -0.2) is 34.7 Å². The second-order valence-corrected chi connectivity index (χ2v) is 6.94. The van der Waals surface area contributed by atoms with E-state index >= 15 is 0 Å². The Morgan fingerprint density at radius 2 is 2.22 bits per heavy atom. The first-order chi connectivity index (χ1) is 8.46. The van der Waals surface area contributed by atoms with E-state index in [0.717, 1.165) is 11.1 Å². The summed E-state index contributed by atoms with van der Waals surface area (Å²) >= 11 is 0. The molecule has 0 amide bonds. The number of hydrogen-bond donors (Lipinski definition) is 1. The van der Waals surface area contributed by atoms with E-state index in [1.807, 2.05) is 19.1 Å². The van der Waals surface area contributed by atoms with Crippen LogP contribution in [0, 0.1) is 6.92 Å². The Balaban J connectivity index is 2.15. The maximum Gasteiger partial charge on any atom is 0.160 e. The fraction of sp³-hybridized carbons (Fsp3) is 0.455. The second kappa shape index (κ2) is 3.68. The summed E-state index contributed by atoms with van der Waals surface area (Å²) in [5.74, 6) is 0.741. The van der Waals surface area contributed by atoms with Gasteiger partial charge in [0.1, 0.15) is 0 Å². The number of rotatable bonds is 1. The summed E-state index contributed by atoms with van der Waals surface area (Å²) in [5.41, 5.74) is 7.38. The monoisotopic (exact) mass is 266 g/mol. The number of nitrogens with two attached hydrogens (primary N) is 1. The summed E-state index contributed by atoms with van der Waals surface area (Å²) in [5, 5.41) is 5.03. The van der Waals surface area contributed by atoms with Crippen molar-refractivity contribution in [2.75, 3.05) is 17.2 Å². The zero-order chi connectivity index (χ0) is 12.9. The van der Waals surface area contributed by atoms with E-state index < -0.39 is 9.84 Å². The van der Waals surface area contributed by atoms with E-state index in [0.29, 0.717) is 17.9 Å². The standard InChI is InChI=1S/C11H14N4O2S/c1-7-2-3-9-10(12)14-15(11(9)13-7)8-4-5-18(16,17)6-8/h2-3,8H,4-6H2,1H3,(H2,12,14). The number of anilines is 1. The molecule has 0 saturated carbocycles. The van der Waals surface area contributed by atoms with Gasteiger partial charge in [0, 0.05) is 5.69 Å². The summed E-state index contributed by atoms with van der Waals surface area (Å²) in [4.78, 5) is 4.41. The van der Waals surface area contributed by atoms with E-state index in [9.17, 15) is 8.42 Å². The molecule has 96 valence electrons. The number of sulfone groups is 1. The molecule has 18 heavy (non-hydrogen) atoms. The van der Waals surface area contributed by atoms with Crippen molar-refractivity contribution in [1.29, 1.82) is 0 Å². The number of aromatic nitrogens is 3. The van der Waals surface area contributed by atoms with Gasteiger partial charge in [-0.1, -0.05) is 0 Å². The van der Waals surface area contributed by atoms with Crippen molar-refractivity contribution >= 4 is 26.7 Å². The minimum absolute atomic E-state index is 0.124. The van der Waals surface area contributed by atoms with E-state index in [1.165, 1.54) is 0 Å². The van der Waals surface area contributed by atoms with Crippen molar-refractivity contribution < 1.29 is 8.42 Å². The lowest BCUT2D eigenvalue weighted by Gasteiger charge is -2.09. The predicted octanol–water partition coefficient (Wildman–Crippen LogP) is 0.682. The quantitative estimate of drug-likeness (QED) is 0.819. The molecular formula is C11H14N4O2S. The smallest absolute Gasteiger partial charge is 0.160 e. The first-order valence-electron chi connectivity index (χ1n) is 5.78. The van der Waals surface area contributed by atoms with Crippen molar-refractivity contribution in [1.82, 2.24) is 14.8 Å². The molecule has 0 aromatic carbocycles. The molecule has 0 radical (unpaired) electrons. The number of nitrogens with zero attached hydrogens (tertiary/aromatic N) is 3. The molecule has 2 aromatic rings. The topological polar surface area (TPSA) is 90.9 Å². The molecule has 1 fully saturated rings. The highest BCUT2D eigenvalue weighted by atomic mass is 32.2. The number of nitrogen functional groups attached to an aromatic ring is 1. The number of hydrogen-bond acceptors (Lipinski definition) is 5. The fourth-order valence-electron chi connectivity index (χ4n) is 2.36. The predicted molar refractivity (Wildman–Crippen MR) is 69.0 cm³/mol. The maximum atomic E-state index is 11.5. The molecule has 1 aliphatic rings. The van der Waals surface area contributed by atoms with Gasteiger partial charge in [0.2, 0.25) is 0 Å². The molecule has 1 saturated heterocycles. The van der Waals surface area contributed by atoms with E-state index in [1.54, 1.807) is 4.68 Å². The lowest BCUT2D eigenvalue weighted by Crippen LogP contribution is -2.13. The van der Waals surface area contributed by atoms with Gasteiger partial charge in [-0.15, -0.1) is 0 Å². The molecule has 0 spiro atoms. The van der Waals surface area contributed by atoms with Crippen molar-refractivity contribution in [3.63, 3.8) is 0 Å². The Bertz CT molecular complexity index is 720. The average molecular weight is 266 g/mol. The SMILES string of the molecule is Cc1ccc2c(N)nn(C3CCS(=O)(=O)C3)c2n1. The lowest BCUT2D eigenvalue weighted by atomic mass is 10.2. The van der Waals surface area contributed by atoms with Crippen LogP contribution in [0.25, 0.3) is 11.0 Å². The molecule has 0 aliphatic carbocycles. The molecule has 1 aliphatic heterocycles. The van der Waals surface area contributed by atoms with Gasteiger partial charge in [-0.3, -0.25) is 0 Å².